The normalized spacial score (nSPS) is 17.6. The van der Waals surface area contributed by atoms with Gasteiger partial charge in [0.1, 0.15) is 5.54 Å². The van der Waals surface area contributed by atoms with Crippen molar-refractivity contribution in [2.45, 2.75) is 44.8 Å². The zero-order valence-electron chi connectivity index (χ0n) is 13.6. The molecule has 0 bridgehead atoms. The summed E-state index contributed by atoms with van der Waals surface area (Å²) in [5.41, 5.74) is 5.05. The summed E-state index contributed by atoms with van der Waals surface area (Å²) >= 11 is 0. The third kappa shape index (κ3) is 6.17. The van der Waals surface area contributed by atoms with Crippen molar-refractivity contribution in [3.8, 4) is 0 Å². The number of hydrogen-bond donors (Lipinski definition) is 1. The Morgan fingerprint density at radius 3 is 2.25 bits per heavy atom. The summed E-state index contributed by atoms with van der Waals surface area (Å²) in [6, 6.07) is 0.336. The van der Waals surface area contributed by atoms with Crippen molar-refractivity contribution >= 4 is 5.97 Å². The Morgan fingerprint density at radius 2 is 1.80 bits per heavy atom. The van der Waals surface area contributed by atoms with Crippen molar-refractivity contribution in [2.75, 3.05) is 41.1 Å². The molecule has 0 aromatic heterocycles. The molecule has 0 heterocycles. The van der Waals surface area contributed by atoms with Crippen LogP contribution in [0.2, 0.25) is 0 Å². The predicted octanol–water partition coefficient (Wildman–Crippen LogP) is 0.639. The Hall–Kier alpha value is -0.690. The van der Waals surface area contributed by atoms with E-state index in [0.717, 1.165) is 6.54 Å². The van der Waals surface area contributed by atoms with Gasteiger partial charge in [-0.05, 0) is 27.2 Å². The molecule has 3 atom stereocenters. The van der Waals surface area contributed by atoms with Gasteiger partial charge in [0.15, 0.2) is 0 Å². The lowest BCUT2D eigenvalue weighted by molar-refractivity contribution is -0.147. The largest absolute Gasteiger partial charge is 0.468 e. The van der Waals surface area contributed by atoms with Crippen LogP contribution in [0.4, 0.5) is 0 Å². The number of carbonyl (C=O) groups is 1. The maximum atomic E-state index is 11.7. The second-order valence-corrected chi connectivity index (χ2v) is 5.50. The SMILES string of the molecule is COCCN(C(C)COC)C(C)CC(C)(N)C(=O)OC. The van der Waals surface area contributed by atoms with Crippen molar-refractivity contribution in [3.63, 3.8) is 0 Å². The lowest BCUT2D eigenvalue weighted by atomic mass is 9.93. The van der Waals surface area contributed by atoms with Gasteiger partial charge in [0.05, 0.1) is 20.3 Å². The van der Waals surface area contributed by atoms with E-state index in [1.54, 1.807) is 21.1 Å². The zero-order chi connectivity index (χ0) is 15.8. The van der Waals surface area contributed by atoms with Crippen molar-refractivity contribution in [3.05, 3.63) is 0 Å². The number of ether oxygens (including phenoxy) is 3. The van der Waals surface area contributed by atoms with Crippen LogP contribution in [-0.2, 0) is 19.0 Å². The maximum Gasteiger partial charge on any atom is 0.325 e. The van der Waals surface area contributed by atoms with Gasteiger partial charge < -0.3 is 19.9 Å². The predicted molar refractivity (Wildman–Crippen MR) is 78.6 cm³/mol. The average Bonchev–Trinajstić information content (AvgIpc) is 2.37. The minimum absolute atomic E-state index is 0.115. The van der Waals surface area contributed by atoms with Crippen LogP contribution in [0.1, 0.15) is 27.2 Å². The molecule has 0 aliphatic carbocycles. The molecule has 0 aliphatic rings. The average molecular weight is 290 g/mol. The summed E-state index contributed by atoms with van der Waals surface area (Å²) in [5, 5.41) is 0. The van der Waals surface area contributed by atoms with E-state index < -0.39 is 11.5 Å². The van der Waals surface area contributed by atoms with Crippen molar-refractivity contribution in [1.29, 1.82) is 0 Å². The first-order chi connectivity index (χ1) is 9.30. The molecule has 0 fully saturated rings. The standard InChI is InChI=1S/C14H30N2O4/c1-11(9-14(3,15)13(17)20-6)16(7-8-18-4)12(2)10-19-5/h11-12H,7-10,15H2,1-6H3. The van der Waals surface area contributed by atoms with E-state index in [-0.39, 0.29) is 12.1 Å². The van der Waals surface area contributed by atoms with Crippen LogP contribution >= 0.6 is 0 Å². The van der Waals surface area contributed by atoms with Gasteiger partial charge in [-0.1, -0.05) is 0 Å². The third-order valence-corrected chi connectivity index (χ3v) is 3.46. The van der Waals surface area contributed by atoms with E-state index in [4.69, 9.17) is 19.9 Å². The van der Waals surface area contributed by atoms with Crippen LogP contribution in [0, 0.1) is 0 Å². The summed E-state index contributed by atoms with van der Waals surface area (Å²) in [6.45, 7) is 7.84. The molecule has 0 rings (SSSR count). The van der Waals surface area contributed by atoms with Gasteiger partial charge in [0.2, 0.25) is 0 Å². The Labute approximate surface area is 122 Å². The minimum atomic E-state index is -0.994. The molecule has 0 amide bonds. The Balaban J connectivity index is 4.76. The van der Waals surface area contributed by atoms with Crippen molar-refractivity contribution in [1.82, 2.24) is 4.90 Å². The van der Waals surface area contributed by atoms with Crippen LogP contribution in [-0.4, -0.2) is 69.6 Å². The molecule has 0 spiro atoms. The molecule has 6 heteroatoms. The monoisotopic (exact) mass is 290 g/mol. The highest BCUT2D eigenvalue weighted by atomic mass is 16.5. The van der Waals surface area contributed by atoms with Crippen molar-refractivity contribution < 1.29 is 19.0 Å². The fourth-order valence-electron chi connectivity index (χ4n) is 2.46. The first kappa shape index (κ1) is 19.3. The number of hydrogen-bond acceptors (Lipinski definition) is 6. The fraction of sp³-hybridized carbons (Fsp3) is 0.929. The Morgan fingerprint density at radius 1 is 1.20 bits per heavy atom. The minimum Gasteiger partial charge on any atom is -0.468 e. The van der Waals surface area contributed by atoms with Crippen LogP contribution in [0.5, 0.6) is 0 Å². The van der Waals surface area contributed by atoms with Gasteiger partial charge in [0, 0.05) is 32.8 Å². The molecule has 2 N–H and O–H groups in total. The van der Waals surface area contributed by atoms with Gasteiger partial charge in [-0.2, -0.15) is 0 Å². The van der Waals surface area contributed by atoms with E-state index >= 15 is 0 Å². The second-order valence-electron chi connectivity index (χ2n) is 5.50. The lowest BCUT2D eigenvalue weighted by Gasteiger charge is -2.37. The van der Waals surface area contributed by atoms with Crippen LogP contribution < -0.4 is 5.73 Å². The Kier molecular flexibility index (Phi) is 8.96. The molecule has 6 nitrogen and oxygen atoms in total. The van der Waals surface area contributed by atoms with E-state index in [1.165, 1.54) is 7.11 Å². The second kappa shape index (κ2) is 9.28. The zero-order valence-corrected chi connectivity index (χ0v) is 13.6. The van der Waals surface area contributed by atoms with Crippen molar-refractivity contribution in [2.24, 2.45) is 5.73 Å². The maximum absolute atomic E-state index is 11.7. The smallest absolute Gasteiger partial charge is 0.325 e. The van der Waals surface area contributed by atoms with Gasteiger partial charge in [-0.25, -0.2) is 0 Å². The highest BCUT2D eigenvalue weighted by Gasteiger charge is 2.34. The van der Waals surface area contributed by atoms with Gasteiger partial charge in [0.25, 0.3) is 0 Å². The molecule has 0 radical (unpaired) electrons. The number of nitrogens with two attached hydrogens (primary N) is 1. The summed E-state index contributed by atoms with van der Waals surface area (Å²) in [5.74, 6) is -0.393. The highest BCUT2D eigenvalue weighted by Crippen LogP contribution is 2.17. The molecule has 0 aromatic carbocycles. The van der Waals surface area contributed by atoms with Crippen LogP contribution in [0.25, 0.3) is 0 Å². The highest BCUT2D eigenvalue weighted by molar-refractivity contribution is 5.79. The topological polar surface area (TPSA) is 74.0 Å². The number of esters is 1. The number of methoxy groups -OCH3 is 3. The number of nitrogens with zero attached hydrogens (tertiary/aromatic N) is 1. The van der Waals surface area contributed by atoms with E-state index in [2.05, 4.69) is 18.7 Å². The molecule has 0 saturated carbocycles. The molecule has 3 unspecified atom stereocenters. The quantitative estimate of drug-likeness (QED) is 0.595. The van der Waals surface area contributed by atoms with Gasteiger partial charge in [-0.3, -0.25) is 9.69 Å². The first-order valence-electron chi connectivity index (χ1n) is 6.91. The van der Waals surface area contributed by atoms with E-state index in [0.29, 0.717) is 19.6 Å². The molecular formula is C14H30N2O4. The lowest BCUT2D eigenvalue weighted by Crippen LogP contribution is -2.53. The molecule has 120 valence electrons. The third-order valence-electron chi connectivity index (χ3n) is 3.46. The summed E-state index contributed by atoms with van der Waals surface area (Å²) in [7, 11) is 4.71. The molecular weight excluding hydrogens is 260 g/mol. The molecule has 20 heavy (non-hydrogen) atoms. The van der Waals surface area contributed by atoms with Crippen LogP contribution in [0.15, 0.2) is 0 Å². The van der Waals surface area contributed by atoms with E-state index in [9.17, 15) is 4.79 Å². The van der Waals surface area contributed by atoms with E-state index in [1.807, 2.05) is 0 Å². The summed E-state index contributed by atoms with van der Waals surface area (Å²) in [4.78, 5) is 13.9. The summed E-state index contributed by atoms with van der Waals surface area (Å²) < 4.78 is 15.1. The molecule has 0 saturated heterocycles. The molecule has 0 aliphatic heterocycles. The summed E-state index contributed by atoms with van der Waals surface area (Å²) in [6.07, 6.45) is 0.511. The van der Waals surface area contributed by atoms with Gasteiger partial charge >= 0.3 is 5.97 Å². The molecule has 0 aromatic rings. The Bertz CT molecular complexity index is 284. The fourth-order valence-corrected chi connectivity index (χ4v) is 2.46. The number of carbonyl (C=O) groups excluding carboxylic acids is 1. The number of rotatable bonds is 10. The van der Waals surface area contributed by atoms with Crippen LogP contribution in [0.3, 0.4) is 0 Å². The first-order valence-corrected chi connectivity index (χ1v) is 6.91. The van der Waals surface area contributed by atoms with Gasteiger partial charge in [-0.15, -0.1) is 0 Å².